The predicted molar refractivity (Wildman–Crippen MR) is 51.3 cm³/mol. The van der Waals surface area contributed by atoms with Crippen molar-refractivity contribution >= 4 is 5.97 Å². The van der Waals surface area contributed by atoms with Crippen molar-refractivity contribution in [2.24, 2.45) is 0 Å². The third-order valence-electron chi connectivity index (χ3n) is 2.59. The molecule has 0 bridgehead atoms. The molecule has 17 heavy (non-hydrogen) atoms. The monoisotopic (exact) mass is 251 g/mol. The highest BCUT2D eigenvalue weighted by atomic mass is 19.1. The van der Waals surface area contributed by atoms with Crippen molar-refractivity contribution in [1.29, 1.82) is 0 Å². The molecule has 0 aliphatic carbocycles. The molecule has 1 saturated heterocycles. The zero-order chi connectivity index (χ0) is 13.3. The average molecular weight is 251 g/mol. The Labute approximate surface area is 98.5 Å². The van der Waals surface area contributed by atoms with Crippen molar-refractivity contribution in [3.63, 3.8) is 0 Å². The first-order chi connectivity index (χ1) is 7.74. The topological polar surface area (TPSA) is 77.1 Å². The summed E-state index contributed by atoms with van der Waals surface area (Å²) in [5.41, 5.74) is -2.59. The first-order valence-electron chi connectivity index (χ1n) is 5.12. The lowest BCUT2D eigenvalue weighted by atomic mass is 9.97. The molecule has 6 nitrogen and oxygen atoms in total. The number of alkyl halides is 1. The van der Waals surface area contributed by atoms with Gasteiger partial charge in [-0.3, -0.25) is 0 Å². The molecular weight excluding hydrogens is 235 g/mol. The quantitative estimate of drug-likeness (QED) is 0.388. The van der Waals surface area contributed by atoms with Crippen LogP contribution in [0, 0.1) is 0 Å². The van der Waals surface area contributed by atoms with E-state index >= 15 is 0 Å². The van der Waals surface area contributed by atoms with Crippen LogP contribution in [0.15, 0.2) is 0 Å². The fraction of sp³-hybridized carbons (Fsp3) is 0.900. The largest absolute Gasteiger partial charge is 0.723 e. The van der Waals surface area contributed by atoms with E-state index in [1.807, 2.05) is 0 Å². The lowest BCUT2D eigenvalue weighted by molar-refractivity contribution is -0.709. The standard InChI is InChI=1S/C10H17FO6/c1-9(2)15-5-6(16-9)7(17-13)10(3,11)8(12)14-4/h6-7,13H,5H2,1-4H3/p-1/t6?,7-,10-/m1/s1. The summed E-state index contributed by atoms with van der Waals surface area (Å²) in [5.74, 6) is -2.13. The van der Waals surface area contributed by atoms with E-state index in [4.69, 9.17) is 9.47 Å². The van der Waals surface area contributed by atoms with E-state index in [1.54, 1.807) is 13.8 Å². The second-order valence-corrected chi connectivity index (χ2v) is 4.45. The molecular formula is C10H16FO6-. The molecule has 0 radical (unpaired) electrons. The Hall–Kier alpha value is -0.760. The number of hydrogen-bond acceptors (Lipinski definition) is 6. The van der Waals surface area contributed by atoms with Crippen molar-refractivity contribution in [3.8, 4) is 0 Å². The highest BCUT2D eigenvalue weighted by Gasteiger charge is 2.50. The molecule has 0 aromatic heterocycles. The first-order valence-corrected chi connectivity index (χ1v) is 5.12. The van der Waals surface area contributed by atoms with Crippen LogP contribution in [0.4, 0.5) is 4.39 Å². The summed E-state index contributed by atoms with van der Waals surface area (Å²) in [5, 5.41) is 10.6. The molecule has 1 aliphatic heterocycles. The van der Waals surface area contributed by atoms with Crippen molar-refractivity contribution < 1.29 is 33.5 Å². The molecule has 0 spiro atoms. The molecule has 0 aromatic rings. The van der Waals surface area contributed by atoms with E-state index in [2.05, 4.69) is 9.62 Å². The second-order valence-electron chi connectivity index (χ2n) is 4.45. The van der Waals surface area contributed by atoms with Gasteiger partial charge in [0.2, 0.25) is 5.67 Å². The third kappa shape index (κ3) is 2.92. The van der Waals surface area contributed by atoms with Gasteiger partial charge in [0.15, 0.2) is 5.79 Å². The average Bonchev–Trinajstić information content (AvgIpc) is 2.58. The summed E-state index contributed by atoms with van der Waals surface area (Å²) in [6.07, 6.45) is -2.59. The van der Waals surface area contributed by atoms with Crippen LogP contribution >= 0.6 is 0 Å². The summed E-state index contributed by atoms with van der Waals surface area (Å²) in [6, 6.07) is 0. The molecule has 1 rings (SSSR count). The highest BCUT2D eigenvalue weighted by Crippen LogP contribution is 2.31. The number of hydrogen-bond donors (Lipinski definition) is 0. The van der Waals surface area contributed by atoms with Gasteiger partial charge >= 0.3 is 5.97 Å². The minimum Gasteiger partial charge on any atom is -0.723 e. The van der Waals surface area contributed by atoms with Crippen LogP contribution in [0.3, 0.4) is 0 Å². The van der Waals surface area contributed by atoms with E-state index in [-0.39, 0.29) is 6.61 Å². The fourth-order valence-electron chi connectivity index (χ4n) is 1.68. The predicted octanol–water partition coefficient (Wildman–Crippen LogP) is -0.300. The molecule has 7 heteroatoms. The van der Waals surface area contributed by atoms with E-state index in [0.29, 0.717) is 0 Å². The molecule has 1 fully saturated rings. The molecule has 1 unspecified atom stereocenters. The van der Waals surface area contributed by atoms with Gasteiger partial charge < -0.3 is 24.4 Å². The van der Waals surface area contributed by atoms with Gasteiger partial charge in [0, 0.05) is 0 Å². The molecule has 100 valence electrons. The van der Waals surface area contributed by atoms with Crippen LogP contribution < -0.4 is 5.26 Å². The number of carbonyl (C=O) groups excluding carboxylic acids is 1. The maximum Gasteiger partial charge on any atom is 0.346 e. The normalized spacial score (nSPS) is 28.5. The van der Waals surface area contributed by atoms with Gasteiger partial charge in [-0.1, -0.05) is 0 Å². The van der Waals surface area contributed by atoms with Crippen LogP contribution in [0.25, 0.3) is 0 Å². The highest BCUT2D eigenvalue weighted by molar-refractivity contribution is 5.79. The minimum absolute atomic E-state index is 0.0313. The fourth-order valence-corrected chi connectivity index (χ4v) is 1.68. The molecule has 1 aliphatic rings. The van der Waals surface area contributed by atoms with Gasteiger partial charge in [-0.25, -0.2) is 9.18 Å². The van der Waals surface area contributed by atoms with Gasteiger partial charge in [0.25, 0.3) is 0 Å². The molecule has 0 amide bonds. The summed E-state index contributed by atoms with van der Waals surface area (Å²) in [6.45, 7) is 4.11. The Bertz CT molecular complexity index is 291. The zero-order valence-electron chi connectivity index (χ0n) is 10.2. The summed E-state index contributed by atoms with van der Waals surface area (Å²) in [7, 11) is 1.03. The third-order valence-corrected chi connectivity index (χ3v) is 2.59. The minimum atomic E-state index is -2.59. The smallest absolute Gasteiger partial charge is 0.346 e. The second kappa shape index (κ2) is 4.85. The number of halogens is 1. The van der Waals surface area contributed by atoms with Crippen LogP contribution in [0.1, 0.15) is 20.8 Å². The molecule has 0 N–H and O–H groups in total. The van der Waals surface area contributed by atoms with Crippen LogP contribution in [0.5, 0.6) is 0 Å². The molecule has 3 atom stereocenters. The van der Waals surface area contributed by atoms with Gasteiger partial charge in [0.05, 0.1) is 13.7 Å². The lowest BCUT2D eigenvalue weighted by Crippen LogP contribution is -2.54. The number of methoxy groups -OCH3 is 1. The van der Waals surface area contributed by atoms with Crippen molar-refractivity contribution in [1.82, 2.24) is 0 Å². The Morgan fingerprint density at radius 2 is 2.24 bits per heavy atom. The Morgan fingerprint density at radius 3 is 2.59 bits per heavy atom. The number of ether oxygens (including phenoxy) is 3. The van der Waals surface area contributed by atoms with Crippen molar-refractivity contribution in [3.05, 3.63) is 0 Å². The van der Waals surface area contributed by atoms with E-state index in [9.17, 15) is 14.4 Å². The lowest BCUT2D eigenvalue weighted by Gasteiger charge is -2.34. The maximum absolute atomic E-state index is 14.1. The number of carbonyl (C=O) groups is 1. The number of rotatable bonds is 4. The van der Waals surface area contributed by atoms with Crippen LogP contribution in [-0.4, -0.2) is 43.3 Å². The SMILES string of the molecule is COC(=O)[C@](C)(F)[C@H](O[O-])C1COC(C)(C)O1. The van der Waals surface area contributed by atoms with E-state index in [0.717, 1.165) is 14.0 Å². The maximum atomic E-state index is 14.1. The van der Waals surface area contributed by atoms with E-state index in [1.165, 1.54) is 0 Å². The Kier molecular flexibility index (Phi) is 4.08. The summed E-state index contributed by atoms with van der Waals surface area (Å²) >= 11 is 0. The Morgan fingerprint density at radius 1 is 1.65 bits per heavy atom. The number of esters is 1. The molecule has 1 heterocycles. The van der Waals surface area contributed by atoms with Crippen LogP contribution in [0.2, 0.25) is 0 Å². The van der Waals surface area contributed by atoms with Crippen molar-refractivity contribution in [2.75, 3.05) is 13.7 Å². The van der Waals surface area contributed by atoms with Gasteiger partial charge in [0.1, 0.15) is 12.2 Å². The van der Waals surface area contributed by atoms with Gasteiger partial charge in [-0.15, -0.1) is 0 Å². The first kappa shape index (κ1) is 14.3. The van der Waals surface area contributed by atoms with E-state index < -0.39 is 29.6 Å². The summed E-state index contributed by atoms with van der Waals surface area (Å²) in [4.78, 5) is 15.0. The van der Waals surface area contributed by atoms with Gasteiger partial charge in [-0.2, -0.15) is 0 Å². The zero-order valence-corrected chi connectivity index (χ0v) is 10.2. The Balaban J connectivity index is 2.82. The summed E-state index contributed by atoms with van der Waals surface area (Å²) < 4.78 is 28.9. The van der Waals surface area contributed by atoms with Gasteiger partial charge in [-0.05, 0) is 20.8 Å². The van der Waals surface area contributed by atoms with Crippen LogP contribution in [-0.2, 0) is 23.9 Å². The molecule has 0 saturated carbocycles. The van der Waals surface area contributed by atoms with Crippen molar-refractivity contribution in [2.45, 2.75) is 44.4 Å². The molecule has 0 aromatic carbocycles.